The first kappa shape index (κ1) is 19.9. The topological polar surface area (TPSA) is 102 Å². The zero-order valence-electron chi connectivity index (χ0n) is 16.0. The van der Waals surface area contributed by atoms with Gasteiger partial charge in [-0.2, -0.15) is 15.1 Å². The number of nitrogens with zero attached hydrogens (tertiary/aromatic N) is 5. The van der Waals surface area contributed by atoms with E-state index < -0.39 is 10.0 Å². The van der Waals surface area contributed by atoms with Crippen molar-refractivity contribution in [3.63, 3.8) is 0 Å². The maximum absolute atomic E-state index is 12.0. The Balaban J connectivity index is 1.76. The highest BCUT2D eigenvalue weighted by atomic mass is 35.5. The highest BCUT2D eigenvalue weighted by molar-refractivity contribution is 7.92. The van der Waals surface area contributed by atoms with Crippen LogP contribution in [0, 0.1) is 0 Å². The number of rotatable bonds is 5. The van der Waals surface area contributed by atoms with E-state index in [1.54, 1.807) is 35.1 Å². The molecule has 1 unspecified atom stereocenters. The average Bonchev–Trinajstić information content (AvgIpc) is 3.12. The molecular weight excluding hydrogens is 416 g/mol. The highest BCUT2D eigenvalue weighted by Crippen LogP contribution is 2.33. The molecule has 0 bridgehead atoms. The van der Waals surface area contributed by atoms with E-state index in [-0.39, 0.29) is 11.5 Å². The molecule has 11 heteroatoms. The second-order valence-corrected chi connectivity index (χ2v) is 9.21. The van der Waals surface area contributed by atoms with Gasteiger partial charge in [-0.15, -0.1) is 0 Å². The van der Waals surface area contributed by atoms with Crippen LogP contribution in [0.4, 0.5) is 17.2 Å². The molecule has 4 rings (SSSR count). The number of ether oxygens (including phenoxy) is 1. The molecule has 3 aromatic rings. The Morgan fingerprint density at radius 1 is 1.28 bits per heavy atom. The number of sulfonamides is 1. The Morgan fingerprint density at radius 3 is 2.79 bits per heavy atom. The molecule has 1 aromatic carbocycles. The summed E-state index contributed by atoms with van der Waals surface area (Å²) in [5.41, 5.74) is 1.62. The van der Waals surface area contributed by atoms with Crippen molar-refractivity contribution in [1.29, 1.82) is 0 Å². The Labute approximate surface area is 173 Å². The molecule has 1 aliphatic heterocycles. The van der Waals surface area contributed by atoms with Crippen LogP contribution in [0.3, 0.4) is 0 Å². The number of hydrogen-bond donors (Lipinski definition) is 1. The van der Waals surface area contributed by atoms with Gasteiger partial charge >= 0.3 is 0 Å². The first-order valence-electron chi connectivity index (χ1n) is 9.17. The maximum Gasteiger partial charge on any atom is 0.232 e. The molecule has 1 fully saturated rings. The molecule has 0 spiro atoms. The van der Waals surface area contributed by atoms with Gasteiger partial charge < -0.3 is 10.1 Å². The molecule has 0 aliphatic carbocycles. The number of benzene rings is 1. The average molecular weight is 437 g/mol. The lowest BCUT2D eigenvalue weighted by atomic mass is 10.2. The van der Waals surface area contributed by atoms with Crippen LogP contribution < -0.4 is 9.62 Å². The van der Waals surface area contributed by atoms with Gasteiger partial charge in [0.2, 0.25) is 15.3 Å². The van der Waals surface area contributed by atoms with Gasteiger partial charge in [-0.25, -0.2) is 13.1 Å². The summed E-state index contributed by atoms with van der Waals surface area (Å²) >= 11 is 6.18. The van der Waals surface area contributed by atoms with Gasteiger partial charge in [0.15, 0.2) is 11.9 Å². The van der Waals surface area contributed by atoms with Crippen molar-refractivity contribution in [2.24, 2.45) is 0 Å². The van der Waals surface area contributed by atoms with E-state index in [1.807, 2.05) is 0 Å². The van der Waals surface area contributed by atoms with Crippen LogP contribution in [0.1, 0.15) is 25.5 Å². The van der Waals surface area contributed by atoms with Crippen molar-refractivity contribution in [2.45, 2.75) is 25.5 Å². The fourth-order valence-electron chi connectivity index (χ4n) is 3.28. The van der Waals surface area contributed by atoms with E-state index in [0.717, 1.165) is 25.5 Å². The zero-order valence-corrected chi connectivity index (χ0v) is 17.6. The Morgan fingerprint density at radius 2 is 2.07 bits per heavy atom. The lowest BCUT2D eigenvalue weighted by Gasteiger charge is -2.23. The minimum atomic E-state index is -3.43. The quantitative estimate of drug-likeness (QED) is 0.612. The van der Waals surface area contributed by atoms with Crippen LogP contribution in [0.15, 0.2) is 30.5 Å². The van der Waals surface area contributed by atoms with Crippen LogP contribution >= 0.6 is 11.6 Å². The van der Waals surface area contributed by atoms with Gasteiger partial charge in [0.1, 0.15) is 5.82 Å². The molecule has 154 valence electrons. The van der Waals surface area contributed by atoms with Crippen molar-refractivity contribution in [1.82, 2.24) is 19.7 Å². The number of hydrogen-bond acceptors (Lipinski definition) is 7. The monoisotopic (exact) mass is 436 g/mol. The van der Waals surface area contributed by atoms with Crippen molar-refractivity contribution in [2.75, 3.05) is 29.5 Å². The zero-order chi connectivity index (χ0) is 20.6. The summed E-state index contributed by atoms with van der Waals surface area (Å²) in [4.78, 5) is 8.64. The highest BCUT2D eigenvalue weighted by Gasteiger charge is 2.22. The van der Waals surface area contributed by atoms with Crippen molar-refractivity contribution in [3.8, 4) is 0 Å². The predicted octanol–water partition coefficient (Wildman–Crippen LogP) is 3.32. The van der Waals surface area contributed by atoms with Crippen LogP contribution in [0.5, 0.6) is 0 Å². The third-order valence-electron chi connectivity index (χ3n) is 4.85. The number of nitrogens with one attached hydrogen (secondary N) is 1. The van der Waals surface area contributed by atoms with Crippen LogP contribution in [0.2, 0.25) is 5.28 Å². The maximum atomic E-state index is 12.0. The van der Waals surface area contributed by atoms with Gasteiger partial charge in [0.25, 0.3) is 0 Å². The Kier molecular flexibility index (Phi) is 5.32. The van der Waals surface area contributed by atoms with Crippen molar-refractivity contribution >= 4 is 49.9 Å². The van der Waals surface area contributed by atoms with Crippen molar-refractivity contribution in [3.05, 3.63) is 35.7 Å². The van der Waals surface area contributed by atoms with E-state index in [4.69, 9.17) is 16.3 Å². The minimum Gasteiger partial charge on any atom is -0.356 e. The van der Waals surface area contributed by atoms with Crippen LogP contribution in [0.25, 0.3) is 11.0 Å². The Bertz CT molecular complexity index is 1140. The fraction of sp³-hybridized carbons (Fsp3) is 0.389. The number of fused-ring (bicyclic) bond motifs is 1. The fourth-order valence-corrected chi connectivity index (χ4v) is 3.96. The van der Waals surface area contributed by atoms with E-state index in [1.165, 1.54) is 11.4 Å². The molecule has 1 atom stereocenters. The second-order valence-electron chi connectivity index (χ2n) is 6.86. The Hall–Kier alpha value is -2.43. The number of halogens is 1. The molecule has 1 saturated heterocycles. The van der Waals surface area contributed by atoms with Crippen LogP contribution in [-0.2, 0) is 14.8 Å². The lowest BCUT2D eigenvalue weighted by Crippen LogP contribution is -2.25. The lowest BCUT2D eigenvalue weighted by molar-refractivity contribution is -0.0370. The van der Waals surface area contributed by atoms with Gasteiger partial charge in [-0.1, -0.05) is 12.1 Å². The summed E-state index contributed by atoms with van der Waals surface area (Å²) in [6, 6.07) is 7.06. The molecule has 29 heavy (non-hydrogen) atoms. The molecule has 1 aliphatic rings. The van der Waals surface area contributed by atoms with E-state index in [0.29, 0.717) is 34.8 Å². The third-order valence-corrected chi connectivity index (χ3v) is 6.21. The second kappa shape index (κ2) is 7.77. The molecule has 0 saturated carbocycles. The largest absolute Gasteiger partial charge is 0.356 e. The summed E-state index contributed by atoms with van der Waals surface area (Å²) in [6.07, 6.45) is 5.56. The van der Waals surface area contributed by atoms with Gasteiger partial charge in [0, 0.05) is 13.7 Å². The summed E-state index contributed by atoms with van der Waals surface area (Å²) in [7, 11) is -1.93. The first-order chi connectivity index (χ1) is 13.8. The minimum absolute atomic E-state index is 0.0616. The van der Waals surface area contributed by atoms with E-state index in [2.05, 4.69) is 20.4 Å². The molecular formula is C18H21ClN6O3S. The standard InChI is InChI=1S/C18H21ClN6O3S/c1-24(29(2,26)27)14-8-4-3-7-13(14)21-16-12-11-20-25(15-9-5-6-10-28-15)17(12)23-18(19)22-16/h3-4,7-8,11,15H,5-6,9-10H2,1-2H3,(H,21,22,23). The first-order valence-corrected chi connectivity index (χ1v) is 11.4. The van der Waals surface area contributed by atoms with Crippen molar-refractivity contribution < 1.29 is 13.2 Å². The van der Waals surface area contributed by atoms with E-state index in [9.17, 15) is 8.42 Å². The van der Waals surface area contributed by atoms with Gasteiger partial charge in [-0.05, 0) is 43.0 Å². The normalized spacial score (nSPS) is 17.4. The molecule has 3 heterocycles. The summed E-state index contributed by atoms with van der Waals surface area (Å²) in [5.74, 6) is 0.441. The van der Waals surface area contributed by atoms with Gasteiger partial charge in [-0.3, -0.25) is 4.31 Å². The molecule has 0 amide bonds. The smallest absolute Gasteiger partial charge is 0.232 e. The SMILES string of the molecule is CN(c1ccccc1Nc1nc(Cl)nc2c1cnn2C1CCCCO1)S(C)(=O)=O. The molecule has 1 N–H and O–H groups in total. The number of para-hydroxylation sites is 2. The third kappa shape index (κ3) is 4.00. The van der Waals surface area contributed by atoms with Gasteiger partial charge in [0.05, 0.1) is 29.2 Å². The summed E-state index contributed by atoms with van der Waals surface area (Å²) in [5, 5.41) is 8.36. The summed E-state index contributed by atoms with van der Waals surface area (Å²) in [6.45, 7) is 0.682. The van der Waals surface area contributed by atoms with E-state index >= 15 is 0 Å². The number of anilines is 3. The predicted molar refractivity (Wildman–Crippen MR) is 112 cm³/mol. The molecule has 9 nitrogen and oxygen atoms in total. The molecule has 0 radical (unpaired) electrons. The number of aromatic nitrogens is 4. The summed E-state index contributed by atoms with van der Waals surface area (Å²) < 4.78 is 32.8. The molecule has 2 aromatic heterocycles. The van der Waals surface area contributed by atoms with Crippen LogP contribution in [-0.4, -0.2) is 48.1 Å².